The van der Waals surface area contributed by atoms with Crippen molar-refractivity contribution in [1.29, 1.82) is 0 Å². The van der Waals surface area contributed by atoms with Crippen LogP contribution < -0.4 is 5.32 Å². The van der Waals surface area contributed by atoms with Crippen molar-refractivity contribution in [2.24, 2.45) is 5.92 Å². The summed E-state index contributed by atoms with van der Waals surface area (Å²) >= 11 is 2.08. The summed E-state index contributed by atoms with van der Waals surface area (Å²) in [6, 6.07) is 9.57. The first kappa shape index (κ1) is 14.0. The quantitative estimate of drug-likeness (QED) is 0.777. The van der Waals surface area contributed by atoms with E-state index in [2.05, 4.69) is 55.2 Å². The van der Waals surface area contributed by atoms with Crippen molar-refractivity contribution in [3.8, 4) is 0 Å². The molecule has 100 valence electrons. The van der Waals surface area contributed by atoms with Crippen LogP contribution in [0.3, 0.4) is 0 Å². The maximum absolute atomic E-state index is 3.71. The Labute approximate surface area is 116 Å². The van der Waals surface area contributed by atoms with Gasteiger partial charge in [-0.2, -0.15) is 11.8 Å². The van der Waals surface area contributed by atoms with Gasteiger partial charge in [0.1, 0.15) is 0 Å². The molecule has 0 aliphatic heterocycles. The average Bonchev–Trinajstić information content (AvgIpc) is 2.41. The van der Waals surface area contributed by atoms with Gasteiger partial charge >= 0.3 is 0 Å². The number of nitrogens with one attached hydrogen (secondary N) is 1. The molecule has 2 rings (SSSR count). The first-order valence-electron chi connectivity index (χ1n) is 7.25. The molecule has 1 aromatic carbocycles. The Balaban J connectivity index is 2.08. The van der Waals surface area contributed by atoms with Crippen LogP contribution in [0.5, 0.6) is 0 Å². The van der Waals surface area contributed by atoms with Gasteiger partial charge in [0.2, 0.25) is 0 Å². The van der Waals surface area contributed by atoms with Crippen molar-refractivity contribution < 1.29 is 0 Å². The molecule has 0 bridgehead atoms. The lowest BCUT2D eigenvalue weighted by atomic mass is 9.78. The van der Waals surface area contributed by atoms with E-state index in [-0.39, 0.29) is 0 Å². The van der Waals surface area contributed by atoms with Crippen LogP contribution in [0.2, 0.25) is 0 Å². The smallest absolute Gasteiger partial charge is 0.0351 e. The second-order valence-electron chi connectivity index (χ2n) is 5.02. The molecular weight excluding hydrogens is 238 g/mol. The summed E-state index contributed by atoms with van der Waals surface area (Å²) in [7, 11) is 0. The molecule has 18 heavy (non-hydrogen) atoms. The van der Waals surface area contributed by atoms with E-state index in [1.807, 2.05) is 0 Å². The molecule has 0 amide bonds. The Bertz CT molecular complexity index is 364. The number of hydrogen-bond donors (Lipinski definition) is 1. The van der Waals surface area contributed by atoms with E-state index in [4.69, 9.17) is 0 Å². The van der Waals surface area contributed by atoms with Crippen LogP contribution in [0.15, 0.2) is 24.3 Å². The fraction of sp³-hybridized carbons (Fsp3) is 0.625. The van der Waals surface area contributed by atoms with Crippen LogP contribution in [0.4, 0.5) is 0 Å². The number of aryl methyl sites for hydroxylation is 1. The lowest BCUT2D eigenvalue weighted by Crippen LogP contribution is -2.32. The molecule has 1 aliphatic carbocycles. The third-order valence-corrected chi connectivity index (χ3v) is 4.84. The Kier molecular flexibility index (Phi) is 5.58. The maximum atomic E-state index is 3.71. The van der Waals surface area contributed by atoms with Crippen LogP contribution >= 0.6 is 11.8 Å². The van der Waals surface area contributed by atoms with Crippen molar-refractivity contribution in [2.45, 2.75) is 39.2 Å². The standard InChI is InChI=1S/C16H25NS/c1-3-17-16-14(11-12-18-4-2)10-9-13-7-5-6-8-15(13)16/h5-8,14,16-17H,3-4,9-12H2,1-2H3. The number of hydrogen-bond acceptors (Lipinski definition) is 2. The highest BCUT2D eigenvalue weighted by Crippen LogP contribution is 2.36. The third kappa shape index (κ3) is 3.30. The van der Waals surface area contributed by atoms with Crippen molar-refractivity contribution >= 4 is 11.8 Å². The van der Waals surface area contributed by atoms with Crippen LogP contribution in [-0.2, 0) is 6.42 Å². The van der Waals surface area contributed by atoms with Gasteiger partial charge in [0.05, 0.1) is 0 Å². The molecule has 0 fully saturated rings. The van der Waals surface area contributed by atoms with Crippen molar-refractivity contribution in [3.05, 3.63) is 35.4 Å². The van der Waals surface area contributed by atoms with Gasteiger partial charge in [-0.1, -0.05) is 38.1 Å². The summed E-state index contributed by atoms with van der Waals surface area (Å²) in [5, 5.41) is 3.71. The summed E-state index contributed by atoms with van der Waals surface area (Å²) in [6.07, 6.45) is 3.96. The van der Waals surface area contributed by atoms with Gasteiger partial charge < -0.3 is 5.32 Å². The minimum atomic E-state index is 0.581. The van der Waals surface area contributed by atoms with E-state index in [0.29, 0.717) is 6.04 Å². The van der Waals surface area contributed by atoms with Crippen LogP contribution in [-0.4, -0.2) is 18.1 Å². The predicted octanol–water partition coefficient (Wildman–Crippen LogP) is 4.04. The molecule has 0 aromatic heterocycles. The van der Waals surface area contributed by atoms with E-state index in [1.54, 1.807) is 11.1 Å². The SMILES string of the molecule is CCNC1c2ccccc2CCC1CCSCC. The summed E-state index contributed by atoms with van der Waals surface area (Å²) in [4.78, 5) is 0. The zero-order valence-electron chi connectivity index (χ0n) is 11.6. The van der Waals surface area contributed by atoms with E-state index < -0.39 is 0 Å². The third-order valence-electron chi connectivity index (χ3n) is 3.91. The molecule has 2 heteroatoms. The van der Waals surface area contributed by atoms with Gasteiger partial charge in [0.15, 0.2) is 0 Å². The summed E-state index contributed by atoms with van der Waals surface area (Å²) in [5.74, 6) is 3.37. The van der Waals surface area contributed by atoms with Crippen LogP contribution in [0, 0.1) is 5.92 Å². The highest BCUT2D eigenvalue weighted by atomic mass is 32.2. The van der Waals surface area contributed by atoms with E-state index in [0.717, 1.165) is 12.5 Å². The molecule has 0 radical (unpaired) electrons. The molecule has 2 unspecified atom stereocenters. The molecule has 0 heterocycles. The lowest BCUT2D eigenvalue weighted by molar-refractivity contribution is 0.318. The number of thioether (sulfide) groups is 1. The topological polar surface area (TPSA) is 12.0 Å². The highest BCUT2D eigenvalue weighted by molar-refractivity contribution is 7.99. The second-order valence-corrected chi connectivity index (χ2v) is 6.41. The van der Waals surface area contributed by atoms with E-state index in [1.165, 1.54) is 30.8 Å². The van der Waals surface area contributed by atoms with Crippen molar-refractivity contribution in [1.82, 2.24) is 5.32 Å². The molecule has 0 saturated carbocycles. The van der Waals surface area contributed by atoms with E-state index in [9.17, 15) is 0 Å². The number of fused-ring (bicyclic) bond motifs is 1. The Morgan fingerprint density at radius 1 is 1.28 bits per heavy atom. The largest absolute Gasteiger partial charge is 0.310 e. The maximum Gasteiger partial charge on any atom is 0.0351 e. The monoisotopic (exact) mass is 263 g/mol. The zero-order chi connectivity index (χ0) is 12.8. The van der Waals surface area contributed by atoms with Crippen LogP contribution in [0.25, 0.3) is 0 Å². The molecular formula is C16H25NS. The number of benzene rings is 1. The molecule has 1 N–H and O–H groups in total. The highest BCUT2D eigenvalue weighted by Gasteiger charge is 2.27. The first-order chi connectivity index (χ1) is 8.86. The van der Waals surface area contributed by atoms with Gasteiger partial charge in [-0.3, -0.25) is 0 Å². The van der Waals surface area contributed by atoms with Gasteiger partial charge in [0.25, 0.3) is 0 Å². The molecule has 2 atom stereocenters. The zero-order valence-corrected chi connectivity index (χ0v) is 12.4. The molecule has 0 saturated heterocycles. The predicted molar refractivity (Wildman–Crippen MR) is 82.3 cm³/mol. The summed E-state index contributed by atoms with van der Waals surface area (Å²) in [6.45, 7) is 5.54. The Morgan fingerprint density at radius 2 is 2.11 bits per heavy atom. The minimum Gasteiger partial charge on any atom is -0.310 e. The summed E-state index contributed by atoms with van der Waals surface area (Å²) < 4.78 is 0. The molecule has 0 spiro atoms. The van der Waals surface area contributed by atoms with Gasteiger partial charge in [-0.15, -0.1) is 0 Å². The van der Waals surface area contributed by atoms with Crippen molar-refractivity contribution in [2.75, 3.05) is 18.1 Å². The second kappa shape index (κ2) is 7.20. The normalized spacial score (nSPS) is 22.8. The molecule has 1 aromatic rings. The average molecular weight is 263 g/mol. The van der Waals surface area contributed by atoms with Gasteiger partial charge in [-0.05, 0) is 54.4 Å². The Morgan fingerprint density at radius 3 is 2.89 bits per heavy atom. The van der Waals surface area contributed by atoms with Gasteiger partial charge in [0, 0.05) is 6.04 Å². The van der Waals surface area contributed by atoms with Crippen molar-refractivity contribution in [3.63, 3.8) is 0 Å². The minimum absolute atomic E-state index is 0.581. The fourth-order valence-corrected chi connectivity index (χ4v) is 3.77. The lowest BCUT2D eigenvalue weighted by Gasteiger charge is -2.34. The fourth-order valence-electron chi connectivity index (χ4n) is 3.01. The number of rotatable bonds is 6. The Hall–Kier alpha value is -0.470. The van der Waals surface area contributed by atoms with E-state index >= 15 is 0 Å². The molecule has 1 aliphatic rings. The first-order valence-corrected chi connectivity index (χ1v) is 8.41. The molecule has 1 nitrogen and oxygen atoms in total. The van der Waals surface area contributed by atoms with Crippen LogP contribution in [0.1, 0.15) is 43.9 Å². The summed E-state index contributed by atoms with van der Waals surface area (Å²) in [5.41, 5.74) is 3.11. The van der Waals surface area contributed by atoms with Gasteiger partial charge in [-0.25, -0.2) is 0 Å².